The Morgan fingerprint density at radius 1 is 1.50 bits per heavy atom. The predicted molar refractivity (Wildman–Crippen MR) is 53.4 cm³/mol. The molecule has 0 aromatic carbocycles. The van der Waals surface area contributed by atoms with Crippen LogP contribution in [0.2, 0.25) is 0 Å². The summed E-state index contributed by atoms with van der Waals surface area (Å²) in [5, 5.41) is 9.96. The van der Waals surface area contributed by atoms with Gasteiger partial charge in [0.1, 0.15) is 0 Å². The quantitative estimate of drug-likeness (QED) is 0.601. The molecule has 0 aromatic heterocycles. The lowest BCUT2D eigenvalue weighted by Gasteiger charge is -2.39. The van der Waals surface area contributed by atoms with Crippen molar-refractivity contribution in [2.45, 2.75) is 39.2 Å². The van der Waals surface area contributed by atoms with Gasteiger partial charge in [0.05, 0.1) is 6.10 Å². The third kappa shape index (κ3) is 0.759. The summed E-state index contributed by atoms with van der Waals surface area (Å²) in [5.74, 6) is 1.58. The zero-order chi connectivity index (χ0) is 8.98. The van der Waals surface area contributed by atoms with E-state index >= 15 is 0 Å². The maximum absolute atomic E-state index is 9.96. The molecule has 2 bridgehead atoms. The standard InChI is InChI=1S/C10H18OS/c1-9(2)7-3-4-10(9,6-12)8(11)5-7/h7-8,11-12H,3-6H2,1-2H3/t7-,8-,10-/m0/s1. The van der Waals surface area contributed by atoms with E-state index < -0.39 is 0 Å². The fourth-order valence-electron chi connectivity index (χ4n) is 3.41. The second-order valence-electron chi connectivity index (χ2n) is 5.02. The van der Waals surface area contributed by atoms with Crippen LogP contribution in [0.5, 0.6) is 0 Å². The van der Waals surface area contributed by atoms with E-state index in [1.54, 1.807) is 0 Å². The zero-order valence-corrected chi connectivity index (χ0v) is 8.77. The smallest absolute Gasteiger partial charge is 0.0612 e. The number of aliphatic hydroxyl groups is 1. The van der Waals surface area contributed by atoms with Gasteiger partial charge in [0.15, 0.2) is 0 Å². The van der Waals surface area contributed by atoms with Gasteiger partial charge in [-0.2, -0.15) is 12.6 Å². The molecule has 0 saturated heterocycles. The first-order valence-electron chi connectivity index (χ1n) is 4.83. The predicted octanol–water partition coefficient (Wildman–Crippen LogP) is 2.10. The summed E-state index contributed by atoms with van der Waals surface area (Å²) in [6.07, 6.45) is 3.39. The van der Waals surface area contributed by atoms with Gasteiger partial charge in [-0.1, -0.05) is 13.8 Å². The van der Waals surface area contributed by atoms with Crippen LogP contribution in [0.15, 0.2) is 0 Å². The number of hydrogen-bond acceptors (Lipinski definition) is 2. The Balaban J connectivity index is 2.39. The molecular weight excluding hydrogens is 168 g/mol. The van der Waals surface area contributed by atoms with Gasteiger partial charge >= 0.3 is 0 Å². The molecule has 0 unspecified atom stereocenters. The first-order valence-corrected chi connectivity index (χ1v) is 5.47. The molecule has 1 nitrogen and oxygen atoms in total. The van der Waals surface area contributed by atoms with Gasteiger partial charge in [-0.15, -0.1) is 0 Å². The highest BCUT2D eigenvalue weighted by atomic mass is 32.1. The fraction of sp³-hybridized carbons (Fsp3) is 1.00. The maximum Gasteiger partial charge on any atom is 0.0612 e. The maximum atomic E-state index is 9.96. The van der Waals surface area contributed by atoms with Crippen molar-refractivity contribution in [1.29, 1.82) is 0 Å². The highest BCUT2D eigenvalue weighted by molar-refractivity contribution is 7.80. The SMILES string of the molecule is CC1(C)[C@H]2CC[C@]1(CS)[C@@H](O)C2. The molecule has 12 heavy (non-hydrogen) atoms. The fourth-order valence-corrected chi connectivity index (χ4v) is 4.19. The van der Waals surface area contributed by atoms with Crippen LogP contribution < -0.4 is 0 Å². The van der Waals surface area contributed by atoms with Gasteiger partial charge < -0.3 is 5.11 Å². The Labute approximate surface area is 80.0 Å². The van der Waals surface area contributed by atoms with E-state index in [1.165, 1.54) is 12.8 Å². The molecule has 2 heteroatoms. The van der Waals surface area contributed by atoms with Gasteiger partial charge in [0, 0.05) is 5.41 Å². The summed E-state index contributed by atoms with van der Waals surface area (Å²) in [4.78, 5) is 0. The minimum atomic E-state index is -0.0938. The molecule has 1 N–H and O–H groups in total. The van der Waals surface area contributed by atoms with Crippen molar-refractivity contribution < 1.29 is 5.11 Å². The van der Waals surface area contributed by atoms with Crippen LogP contribution in [-0.4, -0.2) is 17.0 Å². The van der Waals surface area contributed by atoms with Gasteiger partial charge in [-0.25, -0.2) is 0 Å². The minimum absolute atomic E-state index is 0.0938. The summed E-state index contributed by atoms with van der Waals surface area (Å²) in [5.41, 5.74) is 0.439. The summed E-state index contributed by atoms with van der Waals surface area (Å²) in [6.45, 7) is 4.61. The minimum Gasteiger partial charge on any atom is -0.392 e. The highest BCUT2D eigenvalue weighted by Crippen LogP contribution is 2.65. The van der Waals surface area contributed by atoms with Crippen LogP contribution in [-0.2, 0) is 0 Å². The number of thiol groups is 1. The average Bonchev–Trinajstić information content (AvgIpc) is 2.36. The molecule has 0 aromatic rings. The van der Waals surface area contributed by atoms with Crippen LogP contribution in [0.4, 0.5) is 0 Å². The van der Waals surface area contributed by atoms with Crippen LogP contribution >= 0.6 is 12.6 Å². The number of aliphatic hydroxyl groups excluding tert-OH is 1. The molecule has 0 amide bonds. The Morgan fingerprint density at radius 3 is 2.42 bits per heavy atom. The summed E-state index contributed by atoms with van der Waals surface area (Å²) in [7, 11) is 0. The van der Waals surface area contributed by atoms with Crippen LogP contribution in [0.3, 0.4) is 0 Å². The molecule has 2 aliphatic carbocycles. The highest BCUT2D eigenvalue weighted by Gasteiger charge is 2.62. The largest absolute Gasteiger partial charge is 0.392 e. The molecule has 2 fully saturated rings. The Bertz CT molecular complexity index is 202. The molecule has 0 aliphatic heterocycles. The number of hydrogen-bond donors (Lipinski definition) is 2. The molecule has 0 heterocycles. The van der Waals surface area contributed by atoms with Crippen molar-refractivity contribution >= 4 is 12.6 Å². The molecule has 2 saturated carbocycles. The topological polar surface area (TPSA) is 20.2 Å². The lowest BCUT2D eigenvalue weighted by Crippen LogP contribution is -2.40. The number of rotatable bonds is 1. The van der Waals surface area contributed by atoms with Gasteiger partial charge in [-0.3, -0.25) is 0 Å². The normalized spacial score (nSPS) is 50.0. The van der Waals surface area contributed by atoms with Crippen molar-refractivity contribution in [2.75, 3.05) is 5.75 Å². The van der Waals surface area contributed by atoms with Crippen molar-refractivity contribution in [2.24, 2.45) is 16.7 Å². The number of fused-ring (bicyclic) bond motifs is 2. The van der Waals surface area contributed by atoms with Crippen molar-refractivity contribution in [3.63, 3.8) is 0 Å². The van der Waals surface area contributed by atoms with E-state index in [9.17, 15) is 5.11 Å². The molecule has 2 rings (SSSR count). The zero-order valence-electron chi connectivity index (χ0n) is 7.88. The van der Waals surface area contributed by atoms with Crippen molar-refractivity contribution in [3.05, 3.63) is 0 Å². The molecule has 70 valence electrons. The lowest BCUT2D eigenvalue weighted by molar-refractivity contribution is 0.0171. The summed E-state index contributed by atoms with van der Waals surface area (Å²) in [6, 6.07) is 0. The van der Waals surface area contributed by atoms with Crippen molar-refractivity contribution in [3.8, 4) is 0 Å². The molecule has 3 atom stereocenters. The Morgan fingerprint density at radius 2 is 2.17 bits per heavy atom. The molecule has 0 radical (unpaired) electrons. The third-order valence-corrected chi connectivity index (χ3v) is 5.23. The van der Waals surface area contributed by atoms with Crippen LogP contribution in [0.25, 0.3) is 0 Å². The van der Waals surface area contributed by atoms with Crippen LogP contribution in [0, 0.1) is 16.7 Å². The van der Waals surface area contributed by atoms with E-state index in [1.807, 2.05) is 0 Å². The summed E-state index contributed by atoms with van der Waals surface area (Å²) < 4.78 is 0. The second-order valence-corrected chi connectivity index (χ2v) is 5.34. The monoisotopic (exact) mass is 186 g/mol. The Kier molecular flexibility index (Phi) is 1.79. The van der Waals surface area contributed by atoms with E-state index in [2.05, 4.69) is 26.5 Å². The van der Waals surface area contributed by atoms with E-state index in [0.717, 1.165) is 18.1 Å². The van der Waals surface area contributed by atoms with Gasteiger partial charge in [0.2, 0.25) is 0 Å². The third-order valence-electron chi connectivity index (χ3n) is 4.67. The van der Waals surface area contributed by atoms with Crippen LogP contribution in [0.1, 0.15) is 33.1 Å². The first kappa shape index (κ1) is 8.89. The van der Waals surface area contributed by atoms with E-state index in [4.69, 9.17) is 0 Å². The molecule has 0 spiro atoms. The van der Waals surface area contributed by atoms with E-state index in [-0.39, 0.29) is 11.5 Å². The molecular formula is C10H18OS. The van der Waals surface area contributed by atoms with Gasteiger partial charge in [-0.05, 0) is 36.3 Å². The second kappa shape index (κ2) is 2.42. The lowest BCUT2D eigenvalue weighted by atomic mass is 9.70. The summed E-state index contributed by atoms with van der Waals surface area (Å²) >= 11 is 4.42. The molecule has 2 aliphatic rings. The Hall–Kier alpha value is 0.310. The first-order chi connectivity index (χ1) is 5.54. The van der Waals surface area contributed by atoms with Crippen molar-refractivity contribution in [1.82, 2.24) is 0 Å². The van der Waals surface area contributed by atoms with Gasteiger partial charge in [0.25, 0.3) is 0 Å². The van der Waals surface area contributed by atoms with E-state index in [0.29, 0.717) is 5.41 Å². The average molecular weight is 186 g/mol.